The SMILES string of the molecule is Cc1cc(C)cc(NS(=O)(=O)c2ccc3c(c2)NC(=O)C(C)C(=O)N3)c1. The fraction of sp³-hybridized carbons (Fsp3) is 0.222. The zero-order valence-electron chi connectivity index (χ0n) is 14.6. The average Bonchev–Trinajstić information content (AvgIpc) is 2.63. The van der Waals surface area contributed by atoms with E-state index in [9.17, 15) is 18.0 Å². The molecule has 7 nitrogen and oxygen atoms in total. The molecule has 2 amide bonds. The number of hydrogen-bond acceptors (Lipinski definition) is 4. The molecule has 1 aliphatic heterocycles. The number of fused-ring (bicyclic) bond motifs is 1. The number of anilines is 3. The van der Waals surface area contributed by atoms with Crippen LogP contribution in [0, 0.1) is 19.8 Å². The molecule has 1 aliphatic rings. The van der Waals surface area contributed by atoms with Crippen molar-refractivity contribution in [2.45, 2.75) is 25.7 Å². The monoisotopic (exact) mass is 373 g/mol. The first-order valence-electron chi connectivity index (χ1n) is 8.02. The number of carbonyl (C=O) groups excluding carboxylic acids is 2. The highest BCUT2D eigenvalue weighted by Crippen LogP contribution is 2.29. The summed E-state index contributed by atoms with van der Waals surface area (Å²) >= 11 is 0. The van der Waals surface area contributed by atoms with Crippen LogP contribution < -0.4 is 15.4 Å². The van der Waals surface area contributed by atoms with Gasteiger partial charge in [-0.25, -0.2) is 8.42 Å². The third-order valence-electron chi connectivity index (χ3n) is 4.08. The molecule has 0 saturated heterocycles. The summed E-state index contributed by atoms with van der Waals surface area (Å²) in [6.07, 6.45) is 0. The van der Waals surface area contributed by atoms with E-state index in [4.69, 9.17) is 0 Å². The summed E-state index contributed by atoms with van der Waals surface area (Å²) in [6.45, 7) is 5.25. The van der Waals surface area contributed by atoms with Gasteiger partial charge in [0.1, 0.15) is 5.92 Å². The van der Waals surface area contributed by atoms with Gasteiger partial charge in [-0.1, -0.05) is 6.07 Å². The quantitative estimate of drug-likeness (QED) is 0.719. The summed E-state index contributed by atoms with van der Waals surface area (Å²) < 4.78 is 27.9. The zero-order valence-corrected chi connectivity index (χ0v) is 15.4. The van der Waals surface area contributed by atoms with Crippen molar-refractivity contribution >= 4 is 38.9 Å². The standard InChI is InChI=1S/C18H19N3O4S/c1-10-6-11(2)8-13(7-10)21-26(24,25)14-4-5-15-16(9-14)20-18(23)12(3)17(22)19-15/h4-9,12,21H,1-3H3,(H,19,22)(H,20,23). The molecule has 1 atom stereocenters. The largest absolute Gasteiger partial charge is 0.324 e. The summed E-state index contributed by atoms with van der Waals surface area (Å²) in [5.41, 5.74) is 2.94. The second-order valence-corrected chi connectivity index (χ2v) is 8.07. The molecule has 1 unspecified atom stereocenters. The lowest BCUT2D eigenvalue weighted by atomic mass is 10.1. The van der Waals surface area contributed by atoms with Gasteiger partial charge in [0.25, 0.3) is 10.0 Å². The van der Waals surface area contributed by atoms with E-state index in [-0.39, 0.29) is 10.6 Å². The molecule has 0 aromatic heterocycles. The first-order valence-corrected chi connectivity index (χ1v) is 9.51. The zero-order chi connectivity index (χ0) is 19.1. The maximum atomic E-state index is 12.7. The van der Waals surface area contributed by atoms with E-state index < -0.39 is 27.8 Å². The third kappa shape index (κ3) is 3.55. The molecule has 8 heteroatoms. The molecule has 1 heterocycles. The molecular formula is C18H19N3O4S. The highest BCUT2D eigenvalue weighted by atomic mass is 32.2. The first kappa shape index (κ1) is 17.9. The van der Waals surface area contributed by atoms with Gasteiger partial charge in [-0.15, -0.1) is 0 Å². The summed E-state index contributed by atoms with van der Waals surface area (Å²) in [5.74, 6) is -1.79. The Morgan fingerprint density at radius 2 is 1.46 bits per heavy atom. The number of amides is 2. The lowest BCUT2D eigenvalue weighted by Gasteiger charge is -2.12. The van der Waals surface area contributed by atoms with Crippen LogP contribution in [-0.2, 0) is 19.6 Å². The van der Waals surface area contributed by atoms with Gasteiger partial charge >= 0.3 is 0 Å². The van der Waals surface area contributed by atoms with Gasteiger partial charge < -0.3 is 10.6 Å². The van der Waals surface area contributed by atoms with Crippen molar-refractivity contribution in [3.63, 3.8) is 0 Å². The minimum absolute atomic E-state index is 0.0143. The van der Waals surface area contributed by atoms with Crippen LogP contribution in [0.15, 0.2) is 41.3 Å². The van der Waals surface area contributed by atoms with Crippen molar-refractivity contribution in [3.05, 3.63) is 47.5 Å². The van der Waals surface area contributed by atoms with Crippen LogP contribution in [0.5, 0.6) is 0 Å². The Hall–Kier alpha value is -2.87. The molecule has 2 aromatic carbocycles. The lowest BCUT2D eigenvalue weighted by Crippen LogP contribution is -2.28. The molecule has 3 rings (SSSR count). The van der Waals surface area contributed by atoms with E-state index in [0.717, 1.165) is 11.1 Å². The summed E-state index contributed by atoms with van der Waals surface area (Å²) in [5, 5.41) is 5.19. The van der Waals surface area contributed by atoms with Crippen molar-refractivity contribution in [1.29, 1.82) is 0 Å². The molecule has 0 aliphatic carbocycles. The van der Waals surface area contributed by atoms with Crippen LogP contribution in [0.3, 0.4) is 0 Å². The van der Waals surface area contributed by atoms with Crippen LogP contribution in [0.25, 0.3) is 0 Å². The molecular weight excluding hydrogens is 354 g/mol. The van der Waals surface area contributed by atoms with E-state index in [1.807, 2.05) is 19.9 Å². The maximum Gasteiger partial charge on any atom is 0.261 e. The van der Waals surface area contributed by atoms with Crippen molar-refractivity contribution in [3.8, 4) is 0 Å². The van der Waals surface area contributed by atoms with Crippen molar-refractivity contribution < 1.29 is 18.0 Å². The molecule has 136 valence electrons. The summed E-state index contributed by atoms with van der Waals surface area (Å²) in [6, 6.07) is 9.58. The van der Waals surface area contributed by atoms with E-state index >= 15 is 0 Å². The minimum Gasteiger partial charge on any atom is -0.324 e. The molecule has 3 N–H and O–H groups in total. The Morgan fingerprint density at radius 3 is 2.08 bits per heavy atom. The number of carbonyl (C=O) groups is 2. The van der Waals surface area contributed by atoms with Crippen LogP contribution in [0.2, 0.25) is 0 Å². The number of rotatable bonds is 3. The van der Waals surface area contributed by atoms with E-state index in [2.05, 4.69) is 15.4 Å². The number of benzene rings is 2. The smallest absolute Gasteiger partial charge is 0.261 e. The molecule has 0 radical (unpaired) electrons. The molecule has 0 bridgehead atoms. The number of hydrogen-bond donors (Lipinski definition) is 3. The highest BCUT2D eigenvalue weighted by Gasteiger charge is 2.27. The average molecular weight is 373 g/mol. The van der Waals surface area contributed by atoms with Crippen molar-refractivity contribution in [2.75, 3.05) is 15.4 Å². The second-order valence-electron chi connectivity index (χ2n) is 6.39. The minimum atomic E-state index is -3.85. The second kappa shape index (κ2) is 6.45. The van der Waals surface area contributed by atoms with Gasteiger partial charge in [0.2, 0.25) is 11.8 Å². The third-order valence-corrected chi connectivity index (χ3v) is 5.46. The van der Waals surface area contributed by atoms with Crippen LogP contribution in [0.1, 0.15) is 18.1 Å². The predicted molar refractivity (Wildman–Crippen MR) is 99.6 cm³/mol. The number of sulfonamides is 1. The molecule has 0 spiro atoms. The fourth-order valence-corrected chi connectivity index (χ4v) is 3.82. The normalized spacial score (nSPS) is 17.0. The van der Waals surface area contributed by atoms with Crippen molar-refractivity contribution in [1.82, 2.24) is 0 Å². The molecule has 26 heavy (non-hydrogen) atoms. The van der Waals surface area contributed by atoms with Gasteiger partial charge in [0.05, 0.1) is 16.3 Å². The Bertz CT molecular complexity index is 995. The van der Waals surface area contributed by atoms with E-state index in [1.54, 1.807) is 12.1 Å². The van der Waals surface area contributed by atoms with Crippen LogP contribution >= 0.6 is 0 Å². The van der Waals surface area contributed by atoms with Gasteiger partial charge in [0.15, 0.2) is 0 Å². The fourth-order valence-electron chi connectivity index (χ4n) is 2.75. The van der Waals surface area contributed by atoms with E-state index in [1.165, 1.54) is 25.1 Å². The van der Waals surface area contributed by atoms with Gasteiger partial charge in [-0.05, 0) is 62.2 Å². The molecule has 0 fully saturated rings. The Labute approximate surface area is 151 Å². The maximum absolute atomic E-state index is 12.7. The van der Waals surface area contributed by atoms with Gasteiger partial charge in [-0.3, -0.25) is 14.3 Å². The first-order chi connectivity index (χ1) is 12.2. The highest BCUT2D eigenvalue weighted by molar-refractivity contribution is 7.92. The number of aryl methyl sites for hydroxylation is 2. The summed E-state index contributed by atoms with van der Waals surface area (Å²) in [4.78, 5) is 23.8. The Morgan fingerprint density at radius 1 is 0.885 bits per heavy atom. The topological polar surface area (TPSA) is 104 Å². The number of nitrogens with one attached hydrogen (secondary N) is 3. The predicted octanol–water partition coefficient (Wildman–Crippen LogP) is 2.63. The van der Waals surface area contributed by atoms with E-state index in [0.29, 0.717) is 11.4 Å². The molecule has 0 saturated carbocycles. The summed E-state index contributed by atoms with van der Waals surface area (Å²) in [7, 11) is -3.85. The Balaban J connectivity index is 1.96. The molecule has 2 aromatic rings. The van der Waals surface area contributed by atoms with Gasteiger partial charge in [-0.2, -0.15) is 0 Å². The Kier molecular flexibility index (Phi) is 4.45. The van der Waals surface area contributed by atoms with Crippen LogP contribution in [0.4, 0.5) is 17.1 Å². The van der Waals surface area contributed by atoms with Crippen LogP contribution in [-0.4, -0.2) is 20.2 Å². The van der Waals surface area contributed by atoms with Gasteiger partial charge in [0, 0.05) is 5.69 Å². The lowest BCUT2D eigenvalue weighted by molar-refractivity contribution is -0.128. The van der Waals surface area contributed by atoms with Crippen molar-refractivity contribution in [2.24, 2.45) is 5.92 Å².